The Labute approximate surface area is 120 Å². The summed E-state index contributed by atoms with van der Waals surface area (Å²) in [5.74, 6) is -0.0603. The zero-order valence-corrected chi connectivity index (χ0v) is 12.0. The van der Waals surface area contributed by atoms with Crippen molar-refractivity contribution in [3.8, 4) is 0 Å². The Morgan fingerprint density at radius 2 is 2.15 bits per heavy atom. The van der Waals surface area contributed by atoms with Crippen molar-refractivity contribution in [1.29, 1.82) is 0 Å². The highest BCUT2D eigenvalue weighted by Crippen LogP contribution is 2.21. The summed E-state index contributed by atoms with van der Waals surface area (Å²) in [6.07, 6.45) is 4.73. The minimum Gasteiger partial charge on any atom is -0.379 e. The van der Waals surface area contributed by atoms with Gasteiger partial charge in [0.15, 0.2) is 0 Å². The number of rotatable bonds is 6. The molecule has 0 aliphatic heterocycles. The molecule has 1 aromatic carbocycles. The second-order valence-electron chi connectivity index (χ2n) is 5.45. The van der Waals surface area contributed by atoms with Gasteiger partial charge >= 0.3 is 0 Å². The van der Waals surface area contributed by atoms with E-state index in [-0.39, 0.29) is 18.1 Å². The van der Waals surface area contributed by atoms with Gasteiger partial charge in [-0.3, -0.25) is 4.79 Å². The van der Waals surface area contributed by atoms with Crippen LogP contribution in [0.2, 0.25) is 0 Å². The van der Waals surface area contributed by atoms with Gasteiger partial charge in [-0.2, -0.15) is 0 Å². The first-order chi connectivity index (χ1) is 9.70. The summed E-state index contributed by atoms with van der Waals surface area (Å²) in [5.41, 5.74) is 7.19. The number of hydrogen-bond donors (Lipinski definition) is 2. The maximum atomic E-state index is 12.1. The molecule has 1 fully saturated rings. The number of amides is 1. The van der Waals surface area contributed by atoms with Crippen molar-refractivity contribution >= 4 is 5.91 Å². The Hall–Kier alpha value is -1.39. The minimum absolute atomic E-state index is 0.0603. The van der Waals surface area contributed by atoms with Crippen LogP contribution in [0.5, 0.6) is 0 Å². The highest BCUT2D eigenvalue weighted by atomic mass is 16.5. The number of hydrogen-bond acceptors (Lipinski definition) is 3. The summed E-state index contributed by atoms with van der Waals surface area (Å²) in [5, 5.41) is 3.03. The van der Waals surface area contributed by atoms with E-state index in [0.29, 0.717) is 6.42 Å². The van der Waals surface area contributed by atoms with E-state index in [2.05, 4.69) is 17.4 Å². The number of carbonyl (C=O) groups is 1. The summed E-state index contributed by atoms with van der Waals surface area (Å²) < 4.78 is 5.38. The molecule has 1 saturated carbocycles. The number of nitrogens with one attached hydrogen (secondary N) is 1. The van der Waals surface area contributed by atoms with Crippen LogP contribution in [0.4, 0.5) is 0 Å². The van der Waals surface area contributed by atoms with Gasteiger partial charge in [0.05, 0.1) is 18.2 Å². The van der Waals surface area contributed by atoms with Crippen LogP contribution >= 0.6 is 0 Å². The third-order valence-electron chi connectivity index (χ3n) is 4.01. The fraction of sp³-hybridized carbons (Fsp3) is 0.562. The number of nitrogens with two attached hydrogens (primary N) is 1. The van der Waals surface area contributed by atoms with Crippen molar-refractivity contribution in [3.63, 3.8) is 0 Å². The van der Waals surface area contributed by atoms with Crippen LogP contribution < -0.4 is 11.1 Å². The van der Waals surface area contributed by atoms with E-state index >= 15 is 0 Å². The third-order valence-corrected chi connectivity index (χ3v) is 4.01. The fourth-order valence-electron chi connectivity index (χ4n) is 2.76. The summed E-state index contributed by atoms with van der Waals surface area (Å²) in [4.78, 5) is 12.1. The van der Waals surface area contributed by atoms with Crippen LogP contribution in [0.3, 0.4) is 0 Å². The summed E-state index contributed by atoms with van der Waals surface area (Å²) >= 11 is 0. The van der Waals surface area contributed by atoms with Crippen molar-refractivity contribution in [2.45, 2.75) is 50.3 Å². The first-order valence-electron chi connectivity index (χ1n) is 7.33. The molecule has 0 spiro atoms. The number of aryl methyl sites for hydroxylation is 1. The molecule has 0 saturated heterocycles. The lowest BCUT2D eigenvalue weighted by atomic mass is 10.0. The smallest absolute Gasteiger partial charge is 0.237 e. The Morgan fingerprint density at radius 1 is 1.40 bits per heavy atom. The molecule has 3 atom stereocenters. The Kier molecular flexibility index (Phi) is 5.56. The molecule has 1 aromatic rings. The molecule has 3 unspecified atom stereocenters. The predicted molar refractivity (Wildman–Crippen MR) is 79.3 cm³/mol. The molecule has 4 nitrogen and oxygen atoms in total. The van der Waals surface area contributed by atoms with Gasteiger partial charge in [-0.1, -0.05) is 30.3 Å². The van der Waals surface area contributed by atoms with Crippen LogP contribution in [-0.2, 0) is 16.0 Å². The van der Waals surface area contributed by atoms with Crippen molar-refractivity contribution in [2.75, 3.05) is 7.11 Å². The van der Waals surface area contributed by atoms with Gasteiger partial charge in [0.2, 0.25) is 5.91 Å². The highest BCUT2D eigenvalue weighted by molar-refractivity contribution is 5.81. The second-order valence-corrected chi connectivity index (χ2v) is 5.45. The first kappa shape index (κ1) is 15.0. The molecule has 0 aromatic heterocycles. The number of carbonyl (C=O) groups excluding carboxylic acids is 1. The Morgan fingerprint density at radius 3 is 2.85 bits per heavy atom. The van der Waals surface area contributed by atoms with E-state index in [1.54, 1.807) is 7.11 Å². The fourth-order valence-corrected chi connectivity index (χ4v) is 2.76. The van der Waals surface area contributed by atoms with E-state index in [0.717, 1.165) is 25.7 Å². The van der Waals surface area contributed by atoms with Crippen LogP contribution in [0.15, 0.2) is 30.3 Å². The molecule has 20 heavy (non-hydrogen) atoms. The molecule has 1 aliphatic rings. The quantitative estimate of drug-likeness (QED) is 0.830. The van der Waals surface area contributed by atoms with Gasteiger partial charge in [0, 0.05) is 7.11 Å². The van der Waals surface area contributed by atoms with Gasteiger partial charge in [-0.25, -0.2) is 0 Å². The monoisotopic (exact) mass is 276 g/mol. The maximum Gasteiger partial charge on any atom is 0.237 e. The maximum absolute atomic E-state index is 12.1. The molecule has 2 rings (SSSR count). The van der Waals surface area contributed by atoms with E-state index in [4.69, 9.17) is 10.5 Å². The Bertz CT molecular complexity index is 422. The highest BCUT2D eigenvalue weighted by Gasteiger charge is 2.29. The van der Waals surface area contributed by atoms with Gasteiger partial charge in [-0.05, 0) is 37.7 Å². The molecule has 1 aliphatic carbocycles. The standard InChI is InChI=1S/C16H24N2O2/c1-20-15-9-5-8-14(15)18-16(19)13(17)11-10-12-6-3-2-4-7-12/h2-4,6-7,13-15H,5,8-11,17H2,1H3,(H,18,19). The van der Waals surface area contributed by atoms with Gasteiger partial charge in [-0.15, -0.1) is 0 Å². The molecule has 4 heteroatoms. The van der Waals surface area contributed by atoms with E-state index < -0.39 is 6.04 Å². The summed E-state index contributed by atoms with van der Waals surface area (Å²) in [6.45, 7) is 0. The third kappa shape index (κ3) is 4.05. The number of benzene rings is 1. The summed E-state index contributed by atoms with van der Waals surface area (Å²) in [7, 11) is 1.70. The molecule has 0 radical (unpaired) electrons. The van der Waals surface area contributed by atoms with Crippen LogP contribution in [-0.4, -0.2) is 31.2 Å². The molecular weight excluding hydrogens is 252 g/mol. The second kappa shape index (κ2) is 7.41. The zero-order valence-electron chi connectivity index (χ0n) is 12.0. The van der Waals surface area contributed by atoms with Crippen molar-refractivity contribution in [2.24, 2.45) is 5.73 Å². The lowest BCUT2D eigenvalue weighted by Gasteiger charge is -2.21. The van der Waals surface area contributed by atoms with Crippen molar-refractivity contribution in [3.05, 3.63) is 35.9 Å². The zero-order chi connectivity index (χ0) is 14.4. The van der Waals surface area contributed by atoms with E-state index in [9.17, 15) is 4.79 Å². The topological polar surface area (TPSA) is 64.3 Å². The van der Waals surface area contributed by atoms with Gasteiger partial charge < -0.3 is 15.8 Å². The molecule has 3 N–H and O–H groups in total. The normalized spacial score (nSPS) is 23.5. The lowest BCUT2D eigenvalue weighted by Crippen LogP contribution is -2.48. The summed E-state index contributed by atoms with van der Waals surface area (Å²) in [6, 6.07) is 9.78. The largest absolute Gasteiger partial charge is 0.379 e. The van der Waals surface area contributed by atoms with Crippen LogP contribution in [0.25, 0.3) is 0 Å². The minimum atomic E-state index is -0.451. The molecule has 110 valence electrons. The van der Waals surface area contributed by atoms with E-state index in [1.807, 2.05) is 18.2 Å². The average molecular weight is 276 g/mol. The SMILES string of the molecule is COC1CCCC1NC(=O)C(N)CCc1ccccc1. The van der Waals surface area contributed by atoms with Crippen molar-refractivity contribution < 1.29 is 9.53 Å². The number of methoxy groups -OCH3 is 1. The predicted octanol–water partition coefficient (Wildman–Crippen LogP) is 1.63. The molecule has 1 amide bonds. The molecule has 0 heterocycles. The molecule has 0 bridgehead atoms. The first-order valence-corrected chi connectivity index (χ1v) is 7.33. The van der Waals surface area contributed by atoms with Crippen LogP contribution in [0, 0.1) is 0 Å². The lowest BCUT2D eigenvalue weighted by molar-refractivity contribution is -0.124. The number of ether oxygens (including phenoxy) is 1. The van der Waals surface area contributed by atoms with Gasteiger partial charge in [0.25, 0.3) is 0 Å². The van der Waals surface area contributed by atoms with Crippen LogP contribution in [0.1, 0.15) is 31.2 Å². The van der Waals surface area contributed by atoms with Gasteiger partial charge in [0.1, 0.15) is 0 Å². The van der Waals surface area contributed by atoms with E-state index in [1.165, 1.54) is 5.56 Å². The van der Waals surface area contributed by atoms with Crippen molar-refractivity contribution in [1.82, 2.24) is 5.32 Å². The molecular formula is C16H24N2O2. The Balaban J connectivity index is 1.77. The average Bonchev–Trinajstić information content (AvgIpc) is 2.93.